The minimum absolute atomic E-state index is 0.0419. The highest BCUT2D eigenvalue weighted by Crippen LogP contribution is 2.56. The quantitative estimate of drug-likeness (QED) is 0.149. The number of phosphoric ester groups is 1. The molecular formula is C37H45Cl2F2N2O7PS. The van der Waals surface area contributed by atoms with Crippen LogP contribution >= 0.6 is 31.0 Å². The molecule has 0 aliphatic rings. The third-order valence-corrected chi connectivity index (χ3v) is 11.5. The normalized spacial score (nSPS) is 13.5. The van der Waals surface area contributed by atoms with Gasteiger partial charge < -0.3 is 5.11 Å². The third kappa shape index (κ3) is 9.70. The molecule has 9 nitrogen and oxygen atoms in total. The van der Waals surface area contributed by atoms with Gasteiger partial charge in [-0.25, -0.2) is 26.7 Å². The van der Waals surface area contributed by atoms with Crippen molar-refractivity contribution < 1.29 is 40.4 Å². The fourth-order valence-electron chi connectivity index (χ4n) is 5.52. The molecule has 4 aromatic rings. The van der Waals surface area contributed by atoms with Crippen molar-refractivity contribution >= 4 is 40.9 Å². The van der Waals surface area contributed by atoms with Crippen LogP contribution in [0.4, 0.5) is 8.78 Å². The summed E-state index contributed by atoms with van der Waals surface area (Å²) in [7, 11) is -8.43. The molecule has 284 valence electrons. The van der Waals surface area contributed by atoms with Gasteiger partial charge in [-0.1, -0.05) is 35.3 Å². The summed E-state index contributed by atoms with van der Waals surface area (Å²) in [5.74, 6) is -1.43. The Balaban J connectivity index is 1.82. The Bertz CT molecular complexity index is 2110. The highest BCUT2D eigenvalue weighted by atomic mass is 35.5. The first-order chi connectivity index (χ1) is 23.5. The molecule has 0 bridgehead atoms. The summed E-state index contributed by atoms with van der Waals surface area (Å²) in [4.78, 5) is 4.26. The SMILES string of the molecule is CC(C)(C)OP(=O)(OCc1c(F)cc(-c2ccc(-n3cc(C(C)(C)O)nc3C(C)(C)c3c(Cl)cccc3Cl)c(F)c2)cc1S(C)(=O)=O)OC(C)(C)C. The van der Waals surface area contributed by atoms with Crippen LogP contribution in [0.5, 0.6) is 0 Å². The predicted molar refractivity (Wildman–Crippen MR) is 200 cm³/mol. The average molecular weight is 802 g/mol. The van der Waals surface area contributed by atoms with E-state index in [4.69, 9.17) is 41.8 Å². The Morgan fingerprint density at radius 1 is 0.846 bits per heavy atom. The van der Waals surface area contributed by atoms with Crippen molar-refractivity contribution in [2.24, 2.45) is 0 Å². The van der Waals surface area contributed by atoms with Gasteiger partial charge in [0.1, 0.15) is 23.1 Å². The molecule has 0 unspecified atom stereocenters. The van der Waals surface area contributed by atoms with Crippen LogP contribution in [-0.4, -0.2) is 40.5 Å². The van der Waals surface area contributed by atoms with E-state index in [1.165, 1.54) is 29.0 Å². The molecule has 0 aliphatic heterocycles. The summed E-state index contributed by atoms with van der Waals surface area (Å²) in [6.45, 7) is 15.8. The van der Waals surface area contributed by atoms with Gasteiger partial charge in [0.15, 0.2) is 9.84 Å². The van der Waals surface area contributed by atoms with E-state index in [0.717, 1.165) is 18.4 Å². The molecule has 1 N–H and O–H groups in total. The van der Waals surface area contributed by atoms with Gasteiger partial charge in [0, 0.05) is 33.6 Å². The predicted octanol–water partition coefficient (Wildman–Crippen LogP) is 10.3. The van der Waals surface area contributed by atoms with E-state index >= 15 is 8.78 Å². The molecule has 0 atom stereocenters. The van der Waals surface area contributed by atoms with Crippen LogP contribution in [0, 0.1) is 11.6 Å². The van der Waals surface area contributed by atoms with Crippen LogP contribution in [0.2, 0.25) is 10.0 Å². The molecule has 0 aliphatic carbocycles. The van der Waals surface area contributed by atoms with Crippen LogP contribution in [0.15, 0.2) is 59.6 Å². The van der Waals surface area contributed by atoms with Gasteiger partial charge in [-0.05, 0) is 117 Å². The Kier molecular flexibility index (Phi) is 11.8. The molecule has 0 spiro atoms. The first kappa shape index (κ1) is 42.1. The van der Waals surface area contributed by atoms with Crippen molar-refractivity contribution in [1.82, 2.24) is 9.55 Å². The van der Waals surface area contributed by atoms with Gasteiger partial charge in [0.2, 0.25) is 0 Å². The van der Waals surface area contributed by atoms with Gasteiger partial charge in [0.25, 0.3) is 0 Å². The maximum atomic E-state index is 16.2. The maximum absolute atomic E-state index is 16.2. The number of phosphoric acid groups is 1. The lowest BCUT2D eigenvalue weighted by Gasteiger charge is -2.31. The second kappa shape index (κ2) is 14.5. The summed E-state index contributed by atoms with van der Waals surface area (Å²) in [6.07, 6.45) is 2.41. The van der Waals surface area contributed by atoms with Crippen molar-refractivity contribution in [3.05, 3.63) is 99.1 Å². The Hall–Kier alpha value is -2.67. The highest BCUT2D eigenvalue weighted by molar-refractivity contribution is 7.90. The van der Waals surface area contributed by atoms with Crippen molar-refractivity contribution in [3.63, 3.8) is 0 Å². The van der Waals surface area contributed by atoms with E-state index < -0.39 is 68.6 Å². The lowest BCUT2D eigenvalue weighted by molar-refractivity contribution is 0.000349. The number of rotatable bonds is 11. The smallest absolute Gasteiger partial charge is 0.384 e. The minimum atomic E-state index is -4.33. The fraction of sp³-hybridized carbons (Fsp3) is 0.432. The Morgan fingerprint density at radius 3 is 1.87 bits per heavy atom. The first-order valence-electron chi connectivity index (χ1n) is 16.3. The van der Waals surface area contributed by atoms with Crippen LogP contribution in [-0.2, 0) is 45.6 Å². The van der Waals surface area contributed by atoms with Crippen molar-refractivity contribution in [2.75, 3.05) is 6.26 Å². The molecule has 0 saturated carbocycles. The summed E-state index contributed by atoms with van der Waals surface area (Å²) in [6, 6.07) is 11.4. The Labute approximate surface area is 314 Å². The van der Waals surface area contributed by atoms with Crippen LogP contribution in [0.3, 0.4) is 0 Å². The van der Waals surface area contributed by atoms with Crippen molar-refractivity contribution in [1.29, 1.82) is 0 Å². The zero-order valence-corrected chi connectivity index (χ0v) is 34.3. The molecule has 0 radical (unpaired) electrons. The highest BCUT2D eigenvalue weighted by Gasteiger charge is 2.39. The van der Waals surface area contributed by atoms with E-state index in [0.29, 0.717) is 21.4 Å². The van der Waals surface area contributed by atoms with Gasteiger partial charge in [-0.3, -0.25) is 18.1 Å². The zero-order valence-electron chi connectivity index (χ0n) is 31.1. The van der Waals surface area contributed by atoms with E-state index in [1.54, 1.807) is 73.6 Å². The van der Waals surface area contributed by atoms with E-state index in [-0.39, 0.29) is 22.5 Å². The number of imidazole rings is 1. The summed E-state index contributed by atoms with van der Waals surface area (Å²) >= 11 is 13.2. The summed E-state index contributed by atoms with van der Waals surface area (Å²) in [5.41, 5.74) is -3.70. The largest absolute Gasteiger partial charge is 0.476 e. The number of aromatic nitrogens is 2. The molecule has 1 heterocycles. The molecule has 1 aromatic heterocycles. The monoisotopic (exact) mass is 800 g/mol. The lowest BCUT2D eigenvalue weighted by Crippen LogP contribution is -2.25. The maximum Gasteiger partial charge on any atom is 0.476 e. The number of halogens is 4. The molecule has 15 heteroatoms. The second-order valence-electron chi connectivity index (χ2n) is 15.6. The average Bonchev–Trinajstić information content (AvgIpc) is 3.40. The number of aliphatic hydroxyl groups is 1. The van der Waals surface area contributed by atoms with E-state index in [1.807, 2.05) is 13.8 Å². The van der Waals surface area contributed by atoms with Gasteiger partial charge in [-0.15, -0.1) is 0 Å². The number of hydrogen-bond acceptors (Lipinski definition) is 8. The molecule has 4 rings (SSSR count). The first-order valence-corrected chi connectivity index (χ1v) is 20.4. The Morgan fingerprint density at radius 2 is 1.38 bits per heavy atom. The topological polar surface area (TPSA) is 117 Å². The third-order valence-electron chi connectivity index (χ3n) is 7.71. The zero-order chi connectivity index (χ0) is 39.4. The van der Waals surface area contributed by atoms with E-state index in [9.17, 15) is 18.1 Å². The molecular weight excluding hydrogens is 756 g/mol. The van der Waals surface area contributed by atoms with Crippen molar-refractivity contribution in [3.8, 4) is 16.8 Å². The van der Waals surface area contributed by atoms with Crippen LogP contribution in [0.1, 0.15) is 91.9 Å². The van der Waals surface area contributed by atoms with Crippen LogP contribution < -0.4 is 0 Å². The number of hydrogen-bond donors (Lipinski definition) is 1. The fourth-order valence-corrected chi connectivity index (χ4v) is 9.11. The second-order valence-corrected chi connectivity index (χ2v) is 19.9. The summed E-state index contributed by atoms with van der Waals surface area (Å²) < 4.78 is 89.9. The number of nitrogens with zero attached hydrogens (tertiary/aromatic N) is 2. The molecule has 3 aromatic carbocycles. The number of benzene rings is 3. The molecule has 0 saturated heterocycles. The molecule has 52 heavy (non-hydrogen) atoms. The lowest BCUT2D eigenvalue weighted by atomic mass is 9.83. The standard InChI is InChI=1S/C37H45Cl2F2N2O7PS/c1-34(2,3)49-51(45,50-35(4,5)6)48-21-24-27(40)18-23(19-30(24)52(11,46)47)22-15-16-29(28(41)17-22)43-20-31(37(9,10)44)42-33(43)36(7,8)32-25(38)13-12-14-26(32)39/h12-20,44H,21H2,1-11H3. The molecule has 0 amide bonds. The van der Waals surface area contributed by atoms with Gasteiger partial charge in [-0.2, -0.15) is 0 Å². The van der Waals surface area contributed by atoms with Crippen molar-refractivity contribution in [2.45, 2.75) is 103 Å². The molecule has 0 fully saturated rings. The number of sulfone groups is 1. The minimum Gasteiger partial charge on any atom is -0.384 e. The van der Waals surface area contributed by atoms with Gasteiger partial charge >= 0.3 is 7.82 Å². The van der Waals surface area contributed by atoms with E-state index in [2.05, 4.69) is 0 Å². The summed E-state index contributed by atoms with van der Waals surface area (Å²) in [5, 5.41) is 11.6. The van der Waals surface area contributed by atoms with Gasteiger partial charge in [0.05, 0.1) is 39.5 Å². The van der Waals surface area contributed by atoms with Crippen LogP contribution in [0.25, 0.3) is 16.8 Å².